The summed E-state index contributed by atoms with van der Waals surface area (Å²) in [6.45, 7) is 6.84. The highest BCUT2D eigenvalue weighted by atomic mass is 35.5. The van der Waals surface area contributed by atoms with Gasteiger partial charge in [-0.05, 0) is 91.2 Å². The molecule has 1 spiro atoms. The molecule has 0 aromatic heterocycles. The largest absolute Gasteiger partial charge is 0.495 e. The van der Waals surface area contributed by atoms with Gasteiger partial charge in [0.05, 0.1) is 30.4 Å². The normalized spacial score (nSPS) is 24.9. The summed E-state index contributed by atoms with van der Waals surface area (Å²) in [4.78, 5) is 29.4. The standard InChI is InChI=1S/C32H42ClN7O3/c1-31(2,3)23-13-15-32(16-14-23)37-27(22-11-12-25(43-4)24(33)17-22)30(42)40(32)28(19-5-6-19)20-7-9-21(10-8-20)29(41)36-18-26(34)38-39-35/h7-12,17,19,23,27-28,37H,5-6,13-16,18H2,1-4H3,(H,36,41)(H3,34,35,38). The Kier molecular flexibility index (Phi) is 8.81. The van der Waals surface area contributed by atoms with Gasteiger partial charge in [-0.2, -0.15) is 0 Å². The highest BCUT2D eigenvalue weighted by Gasteiger charge is 2.57. The van der Waals surface area contributed by atoms with Gasteiger partial charge in [0, 0.05) is 5.56 Å². The van der Waals surface area contributed by atoms with Crippen LogP contribution in [0.5, 0.6) is 5.75 Å². The second kappa shape index (κ2) is 12.2. The number of nitrogens with zero attached hydrogens (tertiary/aromatic N) is 3. The summed E-state index contributed by atoms with van der Waals surface area (Å²) in [6.07, 6.45) is 5.91. The molecule has 2 aliphatic carbocycles. The van der Waals surface area contributed by atoms with Gasteiger partial charge >= 0.3 is 0 Å². The predicted molar refractivity (Wildman–Crippen MR) is 166 cm³/mol. The van der Waals surface area contributed by atoms with Crippen LogP contribution in [0.3, 0.4) is 0 Å². The van der Waals surface area contributed by atoms with Crippen molar-refractivity contribution in [3.05, 3.63) is 64.2 Å². The molecule has 2 amide bonds. The first-order valence-corrected chi connectivity index (χ1v) is 15.4. The summed E-state index contributed by atoms with van der Waals surface area (Å²) in [7, 11) is 1.58. The molecule has 11 heteroatoms. The zero-order valence-corrected chi connectivity index (χ0v) is 26.1. The Morgan fingerprint density at radius 2 is 1.86 bits per heavy atom. The number of amidine groups is 1. The minimum Gasteiger partial charge on any atom is -0.495 e. The van der Waals surface area contributed by atoms with E-state index < -0.39 is 11.7 Å². The molecule has 3 aliphatic rings. The molecular formula is C32H42ClN7O3. The Balaban J connectivity index is 1.46. The van der Waals surface area contributed by atoms with E-state index in [1.165, 1.54) is 0 Å². The van der Waals surface area contributed by atoms with Crippen LogP contribution >= 0.6 is 11.6 Å². The number of rotatable bonds is 8. The van der Waals surface area contributed by atoms with Crippen LogP contribution < -0.4 is 21.2 Å². The Morgan fingerprint density at radius 1 is 1.19 bits per heavy atom. The van der Waals surface area contributed by atoms with Crippen LogP contribution in [0.2, 0.25) is 5.02 Å². The van der Waals surface area contributed by atoms with Crippen LogP contribution in [-0.2, 0) is 4.79 Å². The fourth-order valence-corrected chi connectivity index (χ4v) is 7.10. The van der Waals surface area contributed by atoms with Crippen molar-refractivity contribution in [2.45, 2.75) is 77.0 Å². The molecule has 1 heterocycles. The van der Waals surface area contributed by atoms with Crippen molar-refractivity contribution in [1.29, 1.82) is 5.41 Å². The Bertz CT molecular complexity index is 1390. The molecule has 0 bridgehead atoms. The molecule has 2 aromatic rings. The lowest BCUT2D eigenvalue weighted by molar-refractivity contribution is -0.138. The number of benzene rings is 2. The third kappa shape index (κ3) is 6.40. The molecule has 2 aromatic carbocycles. The summed E-state index contributed by atoms with van der Waals surface area (Å²) in [5.74, 6) is 6.09. The molecule has 1 aliphatic heterocycles. The molecule has 230 valence electrons. The van der Waals surface area contributed by atoms with E-state index in [0.717, 1.165) is 49.7 Å². The van der Waals surface area contributed by atoms with E-state index in [-0.39, 0.29) is 35.7 Å². The van der Waals surface area contributed by atoms with Gasteiger partial charge in [0.15, 0.2) is 5.84 Å². The Hall–Kier alpha value is -3.50. The van der Waals surface area contributed by atoms with Gasteiger partial charge in [-0.3, -0.25) is 20.3 Å². The van der Waals surface area contributed by atoms with Crippen molar-refractivity contribution in [2.75, 3.05) is 13.7 Å². The average molecular weight is 608 g/mol. The number of methoxy groups -OCH3 is 1. The maximum absolute atomic E-state index is 14.5. The summed E-state index contributed by atoms with van der Waals surface area (Å²) in [6, 6.07) is 12.4. The van der Waals surface area contributed by atoms with E-state index in [1.807, 2.05) is 30.3 Å². The lowest BCUT2D eigenvalue weighted by atomic mass is 9.69. The maximum atomic E-state index is 14.5. The quantitative estimate of drug-likeness (QED) is 0.0965. The highest BCUT2D eigenvalue weighted by molar-refractivity contribution is 6.32. The summed E-state index contributed by atoms with van der Waals surface area (Å²) in [5, 5.41) is 21.1. The van der Waals surface area contributed by atoms with Crippen molar-refractivity contribution in [3.63, 3.8) is 0 Å². The van der Waals surface area contributed by atoms with Crippen molar-refractivity contribution in [3.8, 4) is 5.75 Å². The van der Waals surface area contributed by atoms with Crippen molar-refractivity contribution < 1.29 is 14.3 Å². The molecule has 2 unspecified atom stereocenters. The minimum absolute atomic E-state index is 0.0572. The van der Waals surface area contributed by atoms with E-state index >= 15 is 0 Å². The zero-order chi connectivity index (χ0) is 30.9. The third-order valence-electron chi connectivity index (χ3n) is 9.36. The van der Waals surface area contributed by atoms with Crippen LogP contribution in [0.15, 0.2) is 52.8 Å². The SMILES string of the molecule is COc1ccc(C2NC3(CCC(C(C)(C)C)CC3)N(C(c3ccc(C(=O)NCC(=N)/N=N\N)cc3)C3CC3)C2=O)cc1Cl. The number of hydrogen-bond donors (Lipinski definition) is 4. The number of hydrogen-bond acceptors (Lipinski definition) is 6. The van der Waals surface area contributed by atoms with Gasteiger partial charge in [0.1, 0.15) is 11.8 Å². The molecule has 2 atom stereocenters. The monoisotopic (exact) mass is 607 g/mol. The van der Waals surface area contributed by atoms with Gasteiger partial charge in [-0.1, -0.05) is 55.8 Å². The second-order valence-corrected chi connectivity index (χ2v) is 13.5. The first-order valence-electron chi connectivity index (χ1n) is 15.0. The molecule has 0 radical (unpaired) electrons. The predicted octanol–water partition coefficient (Wildman–Crippen LogP) is 5.94. The molecule has 5 rings (SSSR count). The van der Waals surface area contributed by atoms with Gasteiger partial charge in [0.25, 0.3) is 5.91 Å². The van der Waals surface area contributed by atoms with Gasteiger partial charge in [-0.15, -0.1) is 5.11 Å². The fourth-order valence-electron chi connectivity index (χ4n) is 6.83. The van der Waals surface area contributed by atoms with Crippen LogP contribution in [0, 0.1) is 22.7 Å². The minimum atomic E-state index is -0.512. The van der Waals surface area contributed by atoms with E-state index in [9.17, 15) is 9.59 Å². The third-order valence-corrected chi connectivity index (χ3v) is 9.66. The molecule has 10 nitrogen and oxygen atoms in total. The average Bonchev–Trinajstić information content (AvgIpc) is 3.78. The summed E-state index contributed by atoms with van der Waals surface area (Å²) >= 11 is 6.52. The number of halogens is 1. The lowest BCUT2D eigenvalue weighted by Crippen LogP contribution is -2.56. The Morgan fingerprint density at radius 3 is 2.42 bits per heavy atom. The smallest absolute Gasteiger partial charge is 0.251 e. The number of nitrogens with one attached hydrogen (secondary N) is 3. The van der Waals surface area contributed by atoms with E-state index in [1.54, 1.807) is 19.2 Å². The van der Waals surface area contributed by atoms with Crippen LogP contribution in [0.4, 0.5) is 0 Å². The fraction of sp³-hybridized carbons (Fsp3) is 0.531. The van der Waals surface area contributed by atoms with E-state index in [2.05, 4.69) is 46.6 Å². The van der Waals surface area contributed by atoms with Crippen molar-refractivity contribution in [2.24, 2.45) is 33.4 Å². The van der Waals surface area contributed by atoms with Crippen LogP contribution in [0.25, 0.3) is 0 Å². The lowest BCUT2D eigenvalue weighted by Gasteiger charge is -2.49. The van der Waals surface area contributed by atoms with Crippen molar-refractivity contribution in [1.82, 2.24) is 15.5 Å². The zero-order valence-electron chi connectivity index (χ0n) is 25.3. The molecule has 43 heavy (non-hydrogen) atoms. The van der Waals surface area contributed by atoms with Gasteiger partial charge in [0.2, 0.25) is 5.91 Å². The Labute approximate surface area is 258 Å². The first-order chi connectivity index (χ1) is 20.5. The topological polar surface area (TPSA) is 145 Å². The first kappa shape index (κ1) is 30.9. The van der Waals surface area contributed by atoms with Gasteiger partial charge in [-0.25, -0.2) is 0 Å². The second-order valence-electron chi connectivity index (χ2n) is 13.1. The van der Waals surface area contributed by atoms with Crippen LogP contribution in [0.1, 0.15) is 92.9 Å². The molecule has 2 saturated carbocycles. The summed E-state index contributed by atoms with van der Waals surface area (Å²) in [5.41, 5.74) is 2.04. The number of carbonyl (C=O) groups is 2. The van der Waals surface area contributed by atoms with Crippen LogP contribution in [-0.4, -0.2) is 41.9 Å². The maximum Gasteiger partial charge on any atom is 0.251 e. The van der Waals surface area contributed by atoms with E-state index in [0.29, 0.717) is 28.2 Å². The van der Waals surface area contributed by atoms with Crippen molar-refractivity contribution >= 4 is 29.3 Å². The molecule has 1 saturated heterocycles. The van der Waals surface area contributed by atoms with Gasteiger partial charge < -0.3 is 20.8 Å². The summed E-state index contributed by atoms with van der Waals surface area (Å²) < 4.78 is 5.36. The molecule has 3 fully saturated rings. The number of carbonyl (C=O) groups excluding carboxylic acids is 2. The number of nitrogens with two attached hydrogens (primary N) is 1. The highest BCUT2D eigenvalue weighted by Crippen LogP contribution is 2.54. The molecule has 5 N–H and O–H groups in total. The van der Waals surface area contributed by atoms with E-state index in [4.69, 9.17) is 27.6 Å². The number of ether oxygens (including phenoxy) is 1. The molecular weight excluding hydrogens is 566 g/mol. The number of amides is 2.